The molecule has 0 amide bonds. The van der Waals surface area contributed by atoms with Crippen LogP contribution >= 0.6 is 23.1 Å². The first-order valence-electron chi connectivity index (χ1n) is 9.16. The first kappa shape index (κ1) is 18.2. The van der Waals surface area contributed by atoms with Crippen LogP contribution in [0.15, 0.2) is 59.1 Å². The van der Waals surface area contributed by atoms with Crippen molar-refractivity contribution in [2.45, 2.75) is 17.3 Å². The van der Waals surface area contributed by atoms with Gasteiger partial charge in [0.25, 0.3) is 0 Å². The Kier molecular flexibility index (Phi) is 4.95. The standard InChI is InChI=1S/C21H18N4O2S2/c1-25-19(9-14-5-3-2-4-6-14)23-24-21(25)29-12-16-11-28-20(22-16)15-7-8-17-18(10-15)27-13-26-17/h2-8,10-11H,9,12-13H2,1H3. The van der Waals surface area contributed by atoms with E-state index in [1.807, 2.05) is 43.4 Å². The van der Waals surface area contributed by atoms with Gasteiger partial charge in [-0.1, -0.05) is 42.1 Å². The third kappa shape index (κ3) is 3.86. The molecule has 2 aromatic carbocycles. The Bertz CT molecular complexity index is 1140. The molecule has 1 aliphatic rings. The molecule has 0 N–H and O–H groups in total. The van der Waals surface area contributed by atoms with Crippen LogP contribution in [0.5, 0.6) is 11.5 Å². The molecular formula is C21H18N4O2S2. The molecule has 0 atom stereocenters. The summed E-state index contributed by atoms with van der Waals surface area (Å²) in [6.07, 6.45) is 0.774. The van der Waals surface area contributed by atoms with E-state index in [2.05, 4.69) is 32.3 Å². The lowest BCUT2D eigenvalue weighted by atomic mass is 10.1. The van der Waals surface area contributed by atoms with E-state index >= 15 is 0 Å². The van der Waals surface area contributed by atoms with Crippen molar-refractivity contribution in [3.05, 3.63) is 71.0 Å². The predicted molar refractivity (Wildman–Crippen MR) is 113 cm³/mol. The normalized spacial score (nSPS) is 12.4. The van der Waals surface area contributed by atoms with E-state index in [0.29, 0.717) is 0 Å². The number of nitrogens with zero attached hydrogens (tertiary/aromatic N) is 4. The second-order valence-electron chi connectivity index (χ2n) is 6.62. The molecule has 0 unspecified atom stereocenters. The van der Waals surface area contributed by atoms with Gasteiger partial charge in [0.15, 0.2) is 16.7 Å². The maximum Gasteiger partial charge on any atom is 0.231 e. The summed E-state index contributed by atoms with van der Waals surface area (Å²) < 4.78 is 12.9. The van der Waals surface area contributed by atoms with Gasteiger partial charge in [0.05, 0.1) is 5.69 Å². The highest BCUT2D eigenvalue weighted by molar-refractivity contribution is 7.98. The van der Waals surface area contributed by atoms with Crippen LogP contribution in [-0.2, 0) is 19.2 Å². The molecule has 8 heteroatoms. The number of thioether (sulfide) groups is 1. The van der Waals surface area contributed by atoms with E-state index in [-0.39, 0.29) is 6.79 Å². The molecule has 3 heterocycles. The van der Waals surface area contributed by atoms with Crippen LogP contribution in [0.4, 0.5) is 0 Å². The van der Waals surface area contributed by atoms with E-state index in [0.717, 1.165) is 50.9 Å². The minimum Gasteiger partial charge on any atom is -0.454 e. The molecular weight excluding hydrogens is 404 g/mol. The lowest BCUT2D eigenvalue weighted by Crippen LogP contribution is -2.00. The largest absolute Gasteiger partial charge is 0.454 e. The quantitative estimate of drug-likeness (QED) is 0.425. The van der Waals surface area contributed by atoms with E-state index < -0.39 is 0 Å². The van der Waals surface area contributed by atoms with Crippen LogP contribution in [0.25, 0.3) is 10.6 Å². The fourth-order valence-electron chi connectivity index (χ4n) is 3.08. The second kappa shape index (κ2) is 7.88. The molecule has 29 heavy (non-hydrogen) atoms. The number of fused-ring (bicyclic) bond motifs is 1. The SMILES string of the molecule is Cn1c(Cc2ccccc2)nnc1SCc1csc(-c2ccc3c(c2)OCO3)n1. The van der Waals surface area contributed by atoms with E-state index in [1.54, 1.807) is 23.1 Å². The van der Waals surface area contributed by atoms with Crippen molar-refractivity contribution in [3.63, 3.8) is 0 Å². The molecule has 1 aliphatic heterocycles. The fraction of sp³-hybridized carbons (Fsp3) is 0.190. The zero-order chi connectivity index (χ0) is 19.6. The van der Waals surface area contributed by atoms with Crippen molar-refractivity contribution in [2.24, 2.45) is 7.05 Å². The van der Waals surface area contributed by atoms with Gasteiger partial charge in [-0.15, -0.1) is 21.5 Å². The summed E-state index contributed by atoms with van der Waals surface area (Å²) in [7, 11) is 2.01. The average molecular weight is 423 g/mol. The van der Waals surface area contributed by atoms with Gasteiger partial charge in [-0.05, 0) is 23.8 Å². The Morgan fingerprint density at radius 1 is 1.07 bits per heavy atom. The summed E-state index contributed by atoms with van der Waals surface area (Å²) in [4.78, 5) is 4.77. The molecule has 0 saturated heterocycles. The van der Waals surface area contributed by atoms with Crippen LogP contribution in [0, 0.1) is 0 Å². The van der Waals surface area contributed by atoms with Gasteiger partial charge < -0.3 is 14.0 Å². The topological polar surface area (TPSA) is 62.1 Å². The Morgan fingerprint density at radius 2 is 1.93 bits per heavy atom. The molecule has 2 aromatic heterocycles. The monoisotopic (exact) mass is 422 g/mol. The molecule has 0 spiro atoms. The zero-order valence-electron chi connectivity index (χ0n) is 15.7. The lowest BCUT2D eigenvalue weighted by molar-refractivity contribution is 0.174. The van der Waals surface area contributed by atoms with Gasteiger partial charge in [-0.2, -0.15) is 0 Å². The van der Waals surface area contributed by atoms with Crippen LogP contribution < -0.4 is 9.47 Å². The zero-order valence-corrected chi connectivity index (χ0v) is 17.4. The lowest BCUT2D eigenvalue weighted by Gasteiger charge is -2.03. The third-order valence-corrected chi connectivity index (χ3v) is 6.64. The van der Waals surface area contributed by atoms with E-state index in [1.165, 1.54) is 5.56 Å². The summed E-state index contributed by atoms with van der Waals surface area (Å²) in [5.74, 6) is 3.27. The van der Waals surface area contributed by atoms with Gasteiger partial charge in [-0.3, -0.25) is 0 Å². The highest BCUT2D eigenvalue weighted by Gasteiger charge is 2.16. The maximum atomic E-state index is 5.46. The van der Waals surface area contributed by atoms with Gasteiger partial charge in [0, 0.05) is 30.2 Å². The van der Waals surface area contributed by atoms with Crippen molar-refractivity contribution >= 4 is 23.1 Å². The van der Waals surface area contributed by atoms with Gasteiger partial charge in [-0.25, -0.2) is 4.98 Å². The molecule has 0 aliphatic carbocycles. The van der Waals surface area contributed by atoms with Gasteiger partial charge >= 0.3 is 0 Å². The highest BCUT2D eigenvalue weighted by atomic mass is 32.2. The third-order valence-electron chi connectivity index (χ3n) is 4.65. The van der Waals surface area contributed by atoms with Crippen molar-refractivity contribution in [2.75, 3.05) is 6.79 Å². The second-order valence-corrected chi connectivity index (χ2v) is 8.42. The van der Waals surface area contributed by atoms with Crippen LogP contribution in [-0.4, -0.2) is 26.5 Å². The van der Waals surface area contributed by atoms with Gasteiger partial charge in [0.1, 0.15) is 10.8 Å². The molecule has 0 saturated carbocycles. The number of rotatable bonds is 6. The minimum atomic E-state index is 0.280. The summed E-state index contributed by atoms with van der Waals surface area (Å²) in [6, 6.07) is 16.2. The molecule has 146 valence electrons. The number of ether oxygens (including phenoxy) is 2. The smallest absolute Gasteiger partial charge is 0.231 e. The highest BCUT2D eigenvalue weighted by Crippen LogP contribution is 2.37. The number of aromatic nitrogens is 4. The first-order valence-corrected chi connectivity index (χ1v) is 11.0. The maximum absolute atomic E-state index is 5.46. The van der Waals surface area contributed by atoms with E-state index in [9.17, 15) is 0 Å². The number of hydrogen-bond acceptors (Lipinski definition) is 7. The van der Waals surface area contributed by atoms with Crippen LogP contribution in [0.1, 0.15) is 17.1 Å². The summed E-state index contributed by atoms with van der Waals surface area (Å²) in [6.45, 7) is 0.280. The molecule has 5 rings (SSSR count). The number of thiazole rings is 1. The molecule has 0 fully saturated rings. The number of benzene rings is 2. The summed E-state index contributed by atoms with van der Waals surface area (Å²) in [5, 5.41) is 12.7. The Hall–Kier alpha value is -2.84. The van der Waals surface area contributed by atoms with Crippen molar-refractivity contribution in [1.29, 1.82) is 0 Å². The van der Waals surface area contributed by atoms with Gasteiger partial charge in [0.2, 0.25) is 6.79 Å². The first-order chi connectivity index (χ1) is 14.3. The Labute approximate surface area is 176 Å². The van der Waals surface area contributed by atoms with Crippen molar-refractivity contribution in [3.8, 4) is 22.1 Å². The molecule has 6 nitrogen and oxygen atoms in total. The van der Waals surface area contributed by atoms with E-state index in [4.69, 9.17) is 14.5 Å². The summed E-state index contributed by atoms with van der Waals surface area (Å²) in [5.41, 5.74) is 3.30. The Balaban J connectivity index is 1.26. The number of hydrogen-bond donors (Lipinski definition) is 0. The minimum absolute atomic E-state index is 0.280. The predicted octanol–water partition coefficient (Wildman–Crippen LogP) is 4.55. The Morgan fingerprint density at radius 3 is 2.83 bits per heavy atom. The average Bonchev–Trinajstić information content (AvgIpc) is 3.48. The molecule has 4 aromatic rings. The van der Waals surface area contributed by atoms with Crippen LogP contribution in [0.2, 0.25) is 0 Å². The molecule has 0 bridgehead atoms. The molecule has 0 radical (unpaired) electrons. The summed E-state index contributed by atoms with van der Waals surface area (Å²) >= 11 is 3.28. The van der Waals surface area contributed by atoms with Crippen molar-refractivity contribution < 1.29 is 9.47 Å². The fourth-order valence-corrected chi connectivity index (χ4v) is 4.82. The van der Waals surface area contributed by atoms with Crippen LogP contribution in [0.3, 0.4) is 0 Å². The van der Waals surface area contributed by atoms with Crippen molar-refractivity contribution in [1.82, 2.24) is 19.7 Å².